The predicted octanol–water partition coefficient (Wildman–Crippen LogP) is 3.80. The first-order valence-electron chi connectivity index (χ1n) is 9.75. The fraction of sp³-hybridized carbons (Fsp3) is 0.391. The molecule has 156 valence electrons. The Balaban J connectivity index is 1.85. The molecule has 0 bridgehead atoms. The Bertz CT molecular complexity index is 757. The molecule has 1 amide bonds. The number of benzene rings is 2. The van der Waals surface area contributed by atoms with Gasteiger partial charge in [-0.15, -0.1) is 0 Å². The molecule has 0 radical (unpaired) electrons. The van der Waals surface area contributed by atoms with E-state index in [1.165, 1.54) is 0 Å². The fourth-order valence-corrected chi connectivity index (χ4v) is 2.64. The van der Waals surface area contributed by atoms with Crippen LogP contribution >= 0.6 is 0 Å². The molecule has 2 N–H and O–H groups in total. The Morgan fingerprint density at radius 3 is 2.10 bits per heavy atom. The molecule has 0 fully saturated rings. The monoisotopic (exact) mass is 398 g/mol. The second-order valence-electron chi connectivity index (χ2n) is 7.80. The Labute approximate surface area is 172 Å². The van der Waals surface area contributed by atoms with Crippen LogP contribution in [0.2, 0.25) is 0 Å². The SMILES string of the molecule is CC(C)(C)OC(=O)CC(CNC(=O)OCc1ccccc1)NCc1ccccc1. The van der Waals surface area contributed by atoms with Gasteiger partial charge in [-0.05, 0) is 31.9 Å². The van der Waals surface area contributed by atoms with Crippen LogP contribution in [0.1, 0.15) is 38.3 Å². The maximum atomic E-state index is 12.2. The van der Waals surface area contributed by atoms with Crippen molar-refractivity contribution in [3.8, 4) is 0 Å². The highest BCUT2D eigenvalue weighted by atomic mass is 16.6. The van der Waals surface area contributed by atoms with Gasteiger partial charge in [-0.25, -0.2) is 4.79 Å². The number of hydrogen-bond acceptors (Lipinski definition) is 5. The molecule has 0 aliphatic heterocycles. The molecule has 0 aliphatic rings. The summed E-state index contributed by atoms with van der Waals surface area (Å²) in [5.41, 5.74) is 1.45. The van der Waals surface area contributed by atoms with E-state index in [4.69, 9.17) is 9.47 Å². The second kappa shape index (κ2) is 11.2. The van der Waals surface area contributed by atoms with E-state index < -0.39 is 11.7 Å². The summed E-state index contributed by atoms with van der Waals surface area (Å²) in [5, 5.41) is 6.04. The fourth-order valence-electron chi connectivity index (χ4n) is 2.64. The minimum Gasteiger partial charge on any atom is -0.460 e. The van der Waals surface area contributed by atoms with Gasteiger partial charge in [-0.1, -0.05) is 60.7 Å². The molecule has 0 spiro atoms. The van der Waals surface area contributed by atoms with Gasteiger partial charge in [0.05, 0.1) is 6.42 Å². The Hall–Kier alpha value is -2.86. The van der Waals surface area contributed by atoms with E-state index in [2.05, 4.69) is 10.6 Å². The van der Waals surface area contributed by atoms with E-state index in [1.54, 1.807) is 0 Å². The van der Waals surface area contributed by atoms with Gasteiger partial charge >= 0.3 is 12.1 Å². The maximum absolute atomic E-state index is 12.2. The summed E-state index contributed by atoms with van der Waals surface area (Å²) < 4.78 is 10.6. The van der Waals surface area contributed by atoms with E-state index >= 15 is 0 Å². The molecule has 0 aliphatic carbocycles. The predicted molar refractivity (Wildman–Crippen MR) is 112 cm³/mol. The van der Waals surface area contributed by atoms with E-state index in [-0.39, 0.29) is 31.6 Å². The van der Waals surface area contributed by atoms with Crippen LogP contribution in [0.3, 0.4) is 0 Å². The van der Waals surface area contributed by atoms with E-state index in [0.29, 0.717) is 6.54 Å². The van der Waals surface area contributed by atoms with Gasteiger partial charge in [0.15, 0.2) is 0 Å². The van der Waals surface area contributed by atoms with Crippen molar-refractivity contribution in [1.82, 2.24) is 10.6 Å². The quantitative estimate of drug-likeness (QED) is 0.628. The van der Waals surface area contributed by atoms with Gasteiger partial charge in [-0.3, -0.25) is 4.79 Å². The topological polar surface area (TPSA) is 76.7 Å². The van der Waals surface area contributed by atoms with Gasteiger partial charge in [-0.2, -0.15) is 0 Å². The van der Waals surface area contributed by atoms with Gasteiger partial charge in [0.2, 0.25) is 0 Å². The molecule has 0 saturated carbocycles. The standard InChI is InChI=1S/C23H30N2O4/c1-23(2,3)29-21(26)14-20(24-15-18-10-6-4-7-11-18)16-25-22(27)28-17-19-12-8-5-9-13-19/h4-13,20,24H,14-17H2,1-3H3,(H,25,27). The maximum Gasteiger partial charge on any atom is 0.407 e. The lowest BCUT2D eigenvalue weighted by Crippen LogP contribution is -2.43. The summed E-state index contributed by atoms with van der Waals surface area (Å²) in [5.74, 6) is -0.317. The molecule has 0 saturated heterocycles. The number of amides is 1. The normalized spacial score (nSPS) is 12.1. The molecule has 29 heavy (non-hydrogen) atoms. The van der Waals surface area contributed by atoms with Crippen molar-refractivity contribution in [2.24, 2.45) is 0 Å². The Morgan fingerprint density at radius 1 is 0.931 bits per heavy atom. The minimum absolute atomic E-state index is 0.142. The molecule has 0 aromatic heterocycles. The molecular weight excluding hydrogens is 368 g/mol. The van der Waals surface area contributed by atoms with Crippen LogP contribution in [-0.4, -0.2) is 30.3 Å². The summed E-state index contributed by atoms with van der Waals surface area (Å²) in [6, 6.07) is 19.0. The summed E-state index contributed by atoms with van der Waals surface area (Å²) >= 11 is 0. The van der Waals surface area contributed by atoms with E-state index in [0.717, 1.165) is 11.1 Å². The molecular formula is C23H30N2O4. The zero-order valence-electron chi connectivity index (χ0n) is 17.3. The van der Waals surface area contributed by atoms with Crippen LogP contribution in [-0.2, 0) is 27.4 Å². The Kier molecular flexibility index (Phi) is 8.68. The first kappa shape index (κ1) is 22.4. The Morgan fingerprint density at radius 2 is 1.52 bits per heavy atom. The van der Waals surface area contributed by atoms with Crippen molar-refractivity contribution in [3.63, 3.8) is 0 Å². The highest BCUT2D eigenvalue weighted by Gasteiger charge is 2.21. The van der Waals surface area contributed by atoms with Crippen LogP contribution < -0.4 is 10.6 Å². The van der Waals surface area contributed by atoms with Crippen molar-refractivity contribution < 1.29 is 19.1 Å². The number of carbonyl (C=O) groups is 2. The van der Waals surface area contributed by atoms with E-state index in [9.17, 15) is 9.59 Å². The zero-order valence-corrected chi connectivity index (χ0v) is 17.3. The van der Waals surface area contributed by atoms with Gasteiger partial charge in [0, 0.05) is 19.1 Å². The number of hydrogen-bond donors (Lipinski definition) is 2. The van der Waals surface area contributed by atoms with Gasteiger partial charge in [0.25, 0.3) is 0 Å². The molecule has 1 unspecified atom stereocenters. The van der Waals surface area contributed by atoms with Crippen molar-refractivity contribution >= 4 is 12.1 Å². The van der Waals surface area contributed by atoms with Crippen LogP contribution in [0.4, 0.5) is 4.79 Å². The zero-order chi connectivity index (χ0) is 21.1. The third kappa shape index (κ3) is 9.76. The lowest BCUT2D eigenvalue weighted by molar-refractivity contribution is -0.155. The molecule has 6 heteroatoms. The first-order chi connectivity index (χ1) is 13.8. The lowest BCUT2D eigenvalue weighted by Gasteiger charge is -2.23. The first-order valence-corrected chi connectivity index (χ1v) is 9.75. The highest BCUT2D eigenvalue weighted by molar-refractivity contribution is 5.71. The van der Waals surface area contributed by atoms with Crippen LogP contribution in [0.15, 0.2) is 60.7 Å². The molecule has 1 atom stereocenters. The third-order valence-electron chi connectivity index (χ3n) is 3.98. The summed E-state index contributed by atoms with van der Waals surface area (Å²) in [7, 11) is 0. The number of nitrogens with one attached hydrogen (secondary N) is 2. The number of esters is 1. The number of carbonyl (C=O) groups excluding carboxylic acids is 2. The van der Waals surface area contributed by atoms with Crippen LogP contribution in [0.5, 0.6) is 0 Å². The molecule has 6 nitrogen and oxygen atoms in total. The van der Waals surface area contributed by atoms with Crippen LogP contribution in [0.25, 0.3) is 0 Å². The van der Waals surface area contributed by atoms with Crippen LogP contribution in [0, 0.1) is 0 Å². The van der Waals surface area contributed by atoms with Crippen molar-refractivity contribution in [2.75, 3.05) is 6.54 Å². The summed E-state index contributed by atoms with van der Waals surface area (Å²) in [6.45, 7) is 6.51. The van der Waals surface area contributed by atoms with Crippen molar-refractivity contribution in [2.45, 2.75) is 52.0 Å². The second-order valence-corrected chi connectivity index (χ2v) is 7.80. The molecule has 0 heterocycles. The minimum atomic E-state index is -0.552. The number of rotatable bonds is 9. The van der Waals surface area contributed by atoms with Crippen molar-refractivity contribution in [1.29, 1.82) is 0 Å². The number of ether oxygens (including phenoxy) is 2. The number of alkyl carbamates (subject to hydrolysis) is 1. The summed E-state index contributed by atoms with van der Waals surface area (Å²) in [4.78, 5) is 24.3. The highest BCUT2D eigenvalue weighted by Crippen LogP contribution is 2.10. The largest absolute Gasteiger partial charge is 0.460 e. The third-order valence-corrected chi connectivity index (χ3v) is 3.98. The smallest absolute Gasteiger partial charge is 0.407 e. The lowest BCUT2D eigenvalue weighted by atomic mass is 10.1. The molecule has 2 rings (SSSR count). The van der Waals surface area contributed by atoms with E-state index in [1.807, 2.05) is 81.4 Å². The average molecular weight is 399 g/mol. The van der Waals surface area contributed by atoms with Crippen molar-refractivity contribution in [3.05, 3.63) is 71.8 Å². The summed E-state index contributed by atoms with van der Waals surface area (Å²) in [6.07, 6.45) is -0.382. The average Bonchev–Trinajstić information content (AvgIpc) is 2.68. The molecule has 2 aromatic carbocycles. The van der Waals surface area contributed by atoms with Gasteiger partial charge in [0.1, 0.15) is 12.2 Å². The molecule has 2 aromatic rings. The van der Waals surface area contributed by atoms with Gasteiger partial charge < -0.3 is 20.1 Å².